The third-order valence-electron chi connectivity index (χ3n) is 3.89. The van der Waals surface area contributed by atoms with Crippen LogP contribution in [0, 0.1) is 11.6 Å². The molecule has 0 aliphatic carbocycles. The minimum atomic E-state index is -1.05. The second-order valence-electron chi connectivity index (χ2n) is 5.61. The van der Waals surface area contributed by atoms with E-state index >= 15 is 0 Å². The zero-order valence-corrected chi connectivity index (χ0v) is 14.2. The van der Waals surface area contributed by atoms with Gasteiger partial charge in [0.1, 0.15) is 11.5 Å². The van der Waals surface area contributed by atoms with E-state index in [1.807, 2.05) is 0 Å². The average molecular weight is 371 g/mol. The number of hydrogen-bond donors (Lipinski definition) is 2. The highest BCUT2D eigenvalue weighted by Gasteiger charge is 2.23. The highest BCUT2D eigenvalue weighted by Crippen LogP contribution is 2.27. The lowest BCUT2D eigenvalue weighted by Gasteiger charge is -2.20. The number of amides is 1. The van der Waals surface area contributed by atoms with Crippen LogP contribution in [-0.2, 0) is 0 Å². The first kappa shape index (κ1) is 18.2. The lowest BCUT2D eigenvalue weighted by atomic mass is 10.0. The number of nitrogens with one attached hydrogen (secondary N) is 2. The molecule has 0 spiro atoms. The predicted molar refractivity (Wildman–Crippen MR) is 93.5 cm³/mol. The van der Waals surface area contributed by atoms with Crippen LogP contribution < -0.4 is 15.6 Å². The van der Waals surface area contributed by atoms with Crippen molar-refractivity contribution in [2.45, 2.75) is 6.04 Å². The Bertz CT molecular complexity index is 1020. The first-order valence-electron chi connectivity index (χ1n) is 7.93. The van der Waals surface area contributed by atoms with E-state index in [9.17, 15) is 18.4 Å². The fourth-order valence-electron chi connectivity index (χ4n) is 2.55. The Kier molecular flexibility index (Phi) is 5.25. The van der Waals surface area contributed by atoms with Crippen LogP contribution in [0.4, 0.5) is 8.78 Å². The summed E-state index contributed by atoms with van der Waals surface area (Å²) in [6.07, 6.45) is 2.61. The summed E-state index contributed by atoms with van der Waals surface area (Å²) in [6.45, 7) is 0. The molecule has 2 heterocycles. The number of ether oxygens (including phenoxy) is 1. The smallest absolute Gasteiger partial charge is 0.253 e. The normalized spacial score (nSPS) is 11.7. The van der Waals surface area contributed by atoms with Crippen LogP contribution in [0.3, 0.4) is 0 Å². The first-order valence-corrected chi connectivity index (χ1v) is 7.93. The molecular formula is C19H15F2N3O3. The number of carbonyl (C=O) groups excluding carboxylic acids is 1. The Morgan fingerprint density at radius 2 is 2.00 bits per heavy atom. The number of nitrogens with zero attached hydrogens (tertiary/aromatic N) is 1. The molecule has 1 amide bonds. The largest absolute Gasteiger partial charge is 0.494 e. The average Bonchev–Trinajstić information content (AvgIpc) is 2.67. The van der Waals surface area contributed by atoms with E-state index in [-0.39, 0.29) is 28.1 Å². The molecule has 3 aromatic rings. The van der Waals surface area contributed by atoms with Crippen LogP contribution in [0.1, 0.15) is 27.7 Å². The summed E-state index contributed by atoms with van der Waals surface area (Å²) >= 11 is 0. The lowest BCUT2D eigenvalue weighted by molar-refractivity contribution is 0.0941. The monoisotopic (exact) mass is 371 g/mol. The Morgan fingerprint density at radius 3 is 2.63 bits per heavy atom. The van der Waals surface area contributed by atoms with Crippen molar-refractivity contribution in [3.05, 3.63) is 93.7 Å². The zero-order chi connectivity index (χ0) is 19.4. The van der Waals surface area contributed by atoms with Crippen molar-refractivity contribution in [3.8, 4) is 5.75 Å². The Hall–Kier alpha value is -3.55. The maximum atomic E-state index is 14.3. The van der Waals surface area contributed by atoms with Crippen molar-refractivity contribution >= 4 is 5.91 Å². The molecule has 3 rings (SSSR count). The summed E-state index contributed by atoms with van der Waals surface area (Å²) in [6, 6.07) is 8.11. The number of benzene rings is 1. The van der Waals surface area contributed by atoms with Crippen LogP contribution in [0.25, 0.3) is 0 Å². The van der Waals surface area contributed by atoms with Crippen molar-refractivity contribution in [2.24, 2.45) is 0 Å². The summed E-state index contributed by atoms with van der Waals surface area (Å²) in [5.74, 6) is -1.88. The quantitative estimate of drug-likeness (QED) is 0.722. The molecule has 8 heteroatoms. The maximum Gasteiger partial charge on any atom is 0.253 e. The van der Waals surface area contributed by atoms with Gasteiger partial charge >= 0.3 is 0 Å². The van der Waals surface area contributed by atoms with Gasteiger partial charge in [0.05, 0.1) is 18.7 Å². The molecule has 2 aromatic heterocycles. The van der Waals surface area contributed by atoms with Crippen molar-refractivity contribution < 1.29 is 18.3 Å². The van der Waals surface area contributed by atoms with Crippen LogP contribution in [0.15, 0.2) is 59.7 Å². The topological polar surface area (TPSA) is 84.1 Å². The number of hydrogen-bond acceptors (Lipinski definition) is 4. The lowest BCUT2D eigenvalue weighted by Crippen LogP contribution is -2.31. The maximum absolute atomic E-state index is 14.3. The SMILES string of the molecule is COc1ccc([C@H](NC(=O)c2ccc(=O)[nH]c2)c2ncccc2F)cc1F. The molecule has 0 bridgehead atoms. The summed E-state index contributed by atoms with van der Waals surface area (Å²) in [5.41, 5.74) is 0.00420. The van der Waals surface area contributed by atoms with Gasteiger partial charge in [-0.25, -0.2) is 8.78 Å². The summed E-state index contributed by atoms with van der Waals surface area (Å²) in [4.78, 5) is 30.1. The molecule has 1 aromatic carbocycles. The van der Waals surface area contributed by atoms with Crippen LogP contribution in [0.5, 0.6) is 5.75 Å². The van der Waals surface area contributed by atoms with Gasteiger partial charge in [-0.15, -0.1) is 0 Å². The number of pyridine rings is 2. The molecule has 2 N–H and O–H groups in total. The number of aromatic nitrogens is 2. The number of methoxy groups -OCH3 is 1. The van der Waals surface area contributed by atoms with Crippen molar-refractivity contribution in [2.75, 3.05) is 7.11 Å². The molecule has 0 aliphatic rings. The molecule has 0 saturated carbocycles. The van der Waals surface area contributed by atoms with Crippen molar-refractivity contribution in [1.29, 1.82) is 0 Å². The number of halogens is 2. The van der Waals surface area contributed by atoms with E-state index in [2.05, 4.69) is 15.3 Å². The first-order chi connectivity index (χ1) is 13.0. The molecule has 0 saturated heterocycles. The molecule has 0 fully saturated rings. The van der Waals surface area contributed by atoms with Crippen molar-refractivity contribution in [1.82, 2.24) is 15.3 Å². The van der Waals surface area contributed by atoms with Crippen LogP contribution in [0.2, 0.25) is 0 Å². The molecule has 6 nitrogen and oxygen atoms in total. The third kappa shape index (κ3) is 4.00. The molecule has 0 unspecified atom stereocenters. The fraction of sp³-hybridized carbons (Fsp3) is 0.105. The summed E-state index contributed by atoms with van der Waals surface area (Å²) in [5, 5.41) is 2.62. The van der Waals surface area contributed by atoms with Crippen molar-refractivity contribution in [3.63, 3.8) is 0 Å². The van der Waals surface area contributed by atoms with Crippen LogP contribution >= 0.6 is 0 Å². The van der Waals surface area contributed by atoms with E-state index in [0.717, 1.165) is 6.07 Å². The minimum absolute atomic E-state index is 0.0194. The number of H-pyrrole nitrogens is 1. The molecule has 0 aliphatic heterocycles. The Labute approximate surface area is 152 Å². The van der Waals surface area contributed by atoms with Gasteiger partial charge in [-0.3, -0.25) is 14.6 Å². The van der Waals surface area contributed by atoms with Gasteiger partial charge in [0, 0.05) is 18.5 Å². The van der Waals surface area contributed by atoms with Gasteiger partial charge in [0.25, 0.3) is 5.91 Å². The van der Waals surface area contributed by atoms with Gasteiger partial charge in [0.2, 0.25) is 5.56 Å². The number of aromatic amines is 1. The molecule has 27 heavy (non-hydrogen) atoms. The third-order valence-corrected chi connectivity index (χ3v) is 3.89. The van der Waals surface area contributed by atoms with E-state index in [1.165, 1.54) is 55.9 Å². The van der Waals surface area contributed by atoms with E-state index in [1.54, 1.807) is 0 Å². The van der Waals surface area contributed by atoms with Gasteiger partial charge in [-0.2, -0.15) is 0 Å². The van der Waals surface area contributed by atoms with Crippen LogP contribution in [-0.4, -0.2) is 23.0 Å². The minimum Gasteiger partial charge on any atom is -0.494 e. The van der Waals surface area contributed by atoms with E-state index in [0.29, 0.717) is 0 Å². The second-order valence-corrected chi connectivity index (χ2v) is 5.61. The number of carbonyl (C=O) groups is 1. The highest BCUT2D eigenvalue weighted by molar-refractivity contribution is 5.94. The van der Waals surface area contributed by atoms with Gasteiger partial charge in [-0.05, 0) is 35.9 Å². The summed E-state index contributed by atoms with van der Waals surface area (Å²) < 4.78 is 33.3. The van der Waals surface area contributed by atoms with E-state index < -0.39 is 23.6 Å². The summed E-state index contributed by atoms with van der Waals surface area (Å²) in [7, 11) is 1.33. The molecule has 138 valence electrons. The van der Waals surface area contributed by atoms with Gasteiger partial charge in [-0.1, -0.05) is 6.07 Å². The molecular weight excluding hydrogens is 356 g/mol. The Morgan fingerprint density at radius 1 is 1.19 bits per heavy atom. The Balaban J connectivity index is 2.01. The predicted octanol–water partition coefficient (Wildman–Crippen LogP) is 2.58. The molecule has 1 atom stereocenters. The second kappa shape index (κ2) is 7.77. The van der Waals surface area contributed by atoms with E-state index in [4.69, 9.17) is 4.74 Å². The zero-order valence-electron chi connectivity index (χ0n) is 14.2. The number of rotatable bonds is 5. The highest BCUT2D eigenvalue weighted by atomic mass is 19.1. The van der Waals surface area contributed by atoms with Gasteiger partial charge in [0.15, 0.2) is 11.6 Å². The fourth-order valence-corrected chi connectivity index (χ4v) is 2.55. The molecule has 0 radical (unpaired) electrons. The standard InChI is InChI=1S/C19H15F2N3O3/c1-27-15-6-4-11(9-14(15)21)17(18-13(20)3-2-8-22-18)24-19(26)12-5-7-16(25)23-10-12/h2-10,17H,1H3,(H,23,25)(H,24,26)/t17-/m0/s1. The van der Waals surface area contributed by atoms with Gasteiger partial charge < -0.3 is 15.0 Å².